The van der Waals surface area contributed by atoms with Crippen LogP contribution in [0.25, 0.3) is 0 Å². The monoisotopic (exact) mass is 271 g/mol. The van der Waals surface area contributed by atoms with Crippen LogP contribution in [0.3, 0.4) is 0 Å². The van der Waals surface area contributed by atoms with E-state index in [0.717, 1.165) is 19.4 Å². The van der Waals surface area contributed by atoms with Crippen LogP contribution in [0.15, 0.2) is 0 Å². The Kier molecular flexibility index (Phi) is 4.36. The maximum atomic E-state index is 11.9. The second-order valence-corrected chi connectivity index (χ2v) is 6.59. The number of amides is 1. The fraction of sp³-hybridized carbons (Fsp3) is 0.929. The summed E-state index contributed by atoms with van der Waals surface area (Å²) in [6, 6.07) is 0. The second kappa shape index (κ2) is 5.67. The minimum Gasteiger partial charge on any atom is -0.444 e. The van der Waals surface area contributed by atoms with Gasteiger partial charge in [0.2, 0.25) is 0 Å². The second-order valence-electron chi connectivity index (χ2n) is 6.59. The molecule has 2 aliphatic heterocycles. The van der Waals surface area contributed by atoms with Crippen molar-refractivity contribution in [3.8, 4) is 0 Å². The smallest absolute Gasteiger partial charge is 0.410 e. The number of hydrogen-bond acceptors (Lipinski definition) is 4. The molecule has 1 amide bonds. The third-order valence-electron chi connectivity index (χ3n) is 3.81. The van der Waals surface area contributed by atoms with Crippen LogP contribution in [-0.2, 0) is 9.47 Å². The van der Waals surface area contributed by atoms with Crippen molar-refractivity contribution in [2.24, 2.45) is 11.8 Å². The lowest BCUT2D eigenvalue weighted by atomic mass is 9.90. The molecular weight excluding hydrogens is 246 g/mol. The summed E-state index contributed by atoms with van der Waals surface area (Å²) in [7, 11) is 0. The first kappa shape index (κ1) is 14.6. The molecule has 110 valence electrons. The molecule has 2 heterocycles. The van der Waals surface area contributed by atoms with E-state index >= 15 is 0 Å². The molecule has 0 aliphatic carbocycles. The van der Waals surface area contributed by atoms with E-state index in [9.17, 15) is 9.90 Å². The number of aliphatic hydroxyl groups excluding tert-OH is 1. The largest absolute Gasteiger partial charge is 0.444 e. The van der Waals surface area contributed by atoms with Gasteiger partial charge in [-0.05, 0) is 33.6 Å². The molecule has 19 heavy (non-hydrogen) atoms. The van der Waals surface area contributed by atoms with Crippen LogP contribution in [0, 0.1) is 11.8 Å². The van der Waals surface area contributed by atoms with E-state index < -0.39 is 5.60 Å². The highest BCUT2D eigenvalue weighted by Crippen LogP contribution is 2.29. The van der Waals surface area contributed by atoms with Gasteiger partial charge >= 0.3 is 6.09 Å². The van der Waals surface area contributed by atoms with E-state index in [-0.39, 0.29) is 24.0 Å². The van der Waals surface area contributed by atoms with Gasteiger partial charge in [0.1, 0.15) is 5.60 Å². The Balaban J connectivity index is 1.83. The van der Waals surface area contributed by atoms with Crippen molar-refractivity contribution in [1.82, 2.24) is 4.90 Å². The molecule has 2 fully saturated rings. The maximum Gasteiger partial charge on any atom is 0.410 e. The lowest BCUT2D eigenvalue weighted by Crippen LogP contribution is -2.37. The average Bonchev–Trinajstić information content (AvgIpc) is 2.98. The van der Waals surface area contributed by atoms with E-state index in [1.54, 1.807) is 4.90 Å². The number of carbonyl (C=O) groups excluding carboxylic acids is 1. The molecular formula is C14H25NO4. The lowest BCUT2D eigenvalue weighted by molar-refractivity contribution is 0.0222. The van der Waals surface area contributed by atoms with Crippen LogP contribution < -0.4 is 0 Å². The zero-order chi connectivity index (χ0) is 14.0. The van der Waals surface area contributed by atoms with Crippen molar-refractivity contribution >= 4 is 6.09 Å². The third kappa shape index (κ3) is 3.83. The van der Waals surface area contributed by atoms with Gasteiger partial charge in [-0.3, -0.25) is 0 Å². The normalized spacial score (nSPS) is 29.6. The van der Waals surface area contributed by atoms with E-state index in [1.807, 2.05) is 20.8 Å². The van der Waals surface area contributed by atoms with Gasteiger partial charge in [-0.1, -0.05) is 0 Å². The van der Waals surface area contributed by atoms with Gasteiger partial charge in [-0.15, -0.1) is 0 Å². The molecule has 0 saturated carbocycles. The van der Waals surface area contributed by atoms with Crippen LogP contribution in [0.2, 0.25) is 0 Å². The highest BCUT2D eigenvalue weighted by atomic mass is 16.6. The minimum absolute atomic E-state index is 0.152. The van der Waals surface area contributed by atoms with E-state index in [1.165, 1.54) is 0 Å². The van der Waals surface area contributed by atoms with Crippen molar-refractivity contribution in [3.63, 3.8) is 0 Å². The van der Waals surface area contributed by atoms with Crippen LogP contribution in [0.1, 0.15) is 33.6 Å². The summed E-state index contributed by atoms with van der Waals surface area (Å²) in [4.78, 5) is 13.7. The fourth-order valence-corrected chi connectivity index (χ4v) is 2.77. The van der Waals surface area contributed by atoms with Gasteiger partial charge < -0.3 is 19.5 Å². The quantitative estimate of drug-likeness (QED) is 0.829. The lowest BCUT2D eigenvalue weighted by Gasteiger charge is -2.26. The summed E-state index contributed by atoms with van der Waals surface area (Å²) < 4.78 is 10.7. The zero-order valence-electron chi connectivity index (χ0n) is 12.1. The van der Waals surface area contributed by atoms with E-state index in [2.05, 4.69) is 0 Å². The number of nitrogens with zero attached hydrogens (tertiary/aromatic N) is 1. The molecule has 5 heteroatoms. The predicted molar refractivity (Wildman–Crippen MR) is 70.8 cm³/mol. The molecule has 0 radical (unpaired) electrons. The molecule has 0 aromatic heterocycles. The summed E-state index contributed by atoms with van der Waals surface area (Å²) in [5, 5.41) is 10.3. The molecule has 2 rings (SSSR count). The Morgan fingerprint density at radius 3 is 2.68 bits per heavy atom. The fourth-order valence-electron chi connectivity index (χ4n) is 2.77. The van der Waals surface area contributed by atoms with Gasteiger partial charge in [-0.2, -0.15) is 0 Å². The summed E-state index contributed by atoms with van der Waals surface area (Å²) in [6.07, 6.45) is 1.13. The summed E-state index contributed by atoms with van der Waals surface area (Å²) in [5.41, 5.74) is -0.465. The van der Waals surface area contributed by atoms with E-state index in [0.29, 0.717) is 19.7 Å². The van der Waals surface area contributed by atoms with Gasteiger partial charge in [-0.25, -0.2) is 4.79 Å². The highest BCUT2D eigenvalue weighted by molar-refractivity contribution is 5.68. The number of ether oxygens (including phenoxy) is 2. The first-order chi connectivity index (χ1) is 8.87. The van der Waals surface area contributed by atoms with Crippen LogP contribution in [0.4, 0.5) is 4.79 Å². The van der Waals surface area contributed by atoms with E-state index in [4.69, 9.17) is 9.47 Å². The molecule has 0 aromatic carbocycles. The molecule has 0 bridgehead atoms. The number of aliphatic hydroxyl groups is 1. The molecule has 1 N–H and O–H groups in total. The van der Waals surface area contributed by atoms with Crippen molar-refractivity contribution in [2.45, 2.75) is 45.3 Å². The average molecular weight is 271 g/mol. The van der Waals surface area contributed by atoms with Gasteiger partial charge in [0.05, 0.1) is 12.7 Å². The van der Waals surface area contributed by atoms with Crippen molar-refractivity contribution in [2.75, 3.05) is 26.3 Å². The number of carbonyl (C=O) groups is 1. The number of hydrogen-bond donors (Lipinski definition) is 1. The van der Waals surface area contributed by atoms with Gasteiger partial charge in [0.15, 0.2) is 0 Å². The molecule has 5 nitrogen and oxygen atoms in total. The van der Waals surface area contributed by atoms with Crippen LogP contribution in [-0.4, -0.2) is 54.1 Å². The summed E-state index contributed by atoms with van der Waals surface area (Å²) in [5.74, 6) is 0.378. The van der Waals surface area contributed by atoms with Crippen molar-refractivity contribution in [3.05, 3.63) is 0 Å². The minimum atomic E-state index is -0.465. The molecule has 0 spiro atoms. The SMILES string of the molecule is CC(C)(C)OC(=O)N1CCC(C(O)C2CCOC2)C1. The Labute approximate surface area is 114 Å². The first-order valence-corrected chi connectivity index (χ1v) is 7.10. The Morgan fingerprint density at radius 2 is 2.11 bits per heavy atom. The highest BCUT2D eigenvalue weighted by Gasteiger charge is 2.37. The van der Waals surface area contributed by atoms with Gasteiger partial charge in [0, 0.05) is 31.5 Å². The summed E-state index contributed by atoms with van der Waals surface area (Å²) in [6.45, 7) is 8.24. The Hall–Kier alpha value is -0.810. The molecule has 3 atom stereocenters. The van der Waals surface area contributed by atoms with Crippen LogP contribution >= 0.6 is 0 Å². The molecule has 3 unspecified atom stereocenters. The third-order valence-corrected chi connectivity index (χ3v) is 3.81. The van der Waals surface area contributed by atoms with Crippen LogP contribution in [0.5, 0.6) is 0 Å². The Morgan fingerprint density at radius 1 is 1.37 bits per heavy atom. The Bertz CT molecular complexity index is 320. The van der Waals surface area contributed by atoms with Gasteiger partial charge in [0.25, 0.3) is 0 Å². The van der Waals surface area contributed by atoms with Crippen molar-refractivity contribution in [1.29, 1.82) is 0 Å². The molecule has 2 saturated heterocycles. The molecule has 0 aromatic rings. The summed E-state index contributed by atoms with van der Waals surface area (Å²) >= 11 is 0. The standard InChI is InChI=1S/C14H25NO4/c1-14(2,3)19-13(17)15-6-4-10(8-15)12(16)11-5-7-18-9-11/h10-12,16H,4-9H2,1-3H3. The predicted octanol–water partition coefficient (Wildman–Crippen LogP) is 1.64. The van der Waals surface area contributed by atoms with Crippen molar-refractivity contribution < 1.29 is 19.4 Å². The number of likely N-dealkylation sites (tertiary alicyclic amines) is 1. The first-order valence-electron chi connectivity index (χ1n) is 7.10. The number of rotatable bonds is 2. The topological polar surface area (TPSA) is 59.0 Å². The molecule has 2 aliphatic rings. The maximum absolute atomic E-state index is 11.9. The zero-order valence-corrected chi connectivity index (χ0v) is 12.1.